The lowest BCUT2D eigenvalue weighted by Gasteiger charge is -2.04. The molecule has 0 aromatic rings. The molecule has 0 rings (SSSR count). The Labute approximate surface area is 59.0 Å². The van der Waals surface area contributed by atoms with E-state index in [9.17, 15) is 9.59 Å². The number of carbonyl (C=O) groups excluding carboxylic acids is 1. The van der Waals surface area contributed by atoms with Gasteiger partial charge in [-0.1, -0.05) is 0 Å². The Morgan fingerprint density at radius 1 is 1.60 bits per heavy atom. The van der Waals surface area contributed by atoms with Gasteiger partial charge in [-0.2, -0.15) is 0 Å². The molecule has 0 saturated heterocycles. The van der Waals surface area contributed by atoms with Gasteiger partial charge in [0.1, 0.15) is 11.7 Å². The number of carboxylic acid groups (broad SMARTS) is 1. The lowest BCUT2D eigenvalue weighted by Crippen LogP contribution is -2.24. The largest absolute Gasteiger partial charge is 0.481 e. The Hall–Kier alpha value is -0.900. The summed E-state index contributed by atoms with van der Waals surface area (Å²) in [6.07, 6.45) is 0.227. The predicted octanol–water partition coefficient (Wildman–Crippen LogP) is -0.375. The van der Waals surface area contributed by atoms with Crippen LogP contribution in [0.5, 0.6) is 0 Å². The fraction of sp³-hybridized carbons (Fsp3) is 0.667. The van der Waals surface area contributed by atoms with E-state index < -0.39 is 11.9 Å². The smallest absolute Gasteiger partial charge is 0.314 e. The van der Waals surface area contributed by atoms with Crippen LogP contribution in [0, 0.1) is 5.92 Å². The zero-order valence-electron chi connectivity index (χ0n) is 5.83. The maximum absolute atomic E-state index is 10.5. The zero-order chi connectivity index (χ0) is 8.15. The molecule has 0 saturated carbocycles. The molecule has 0 amide bonds. The molecule has 0 heterocycles. The molecule has 0 aliphatic carbocycles. The Morgan fingerprint density at radius 2 is 2.10 bits per heavy atom. The van der Waals surface area contributed by atoms with Gasteiger partial charge < -0.3 is 10.8 Å². The molecule has 1 unspecified atom stereocenters. The normalized spacial score (nSPS) is 12.6. The molecule has 0 bridgehead atoms. The molecule has 58 valence electrons. The van der Waals surface area contributed by atoms with Gasteiger partial charge in [0, 0.05) is 0 Å². The second-order valence-electron chi connectivity index (χ2n) is 2.08. The molecular weight excluding hydrogens is 134 g/mol. The second kappa shape index (κ2) is 4.00. The van der Waals surface area contributed by atoms with Gasteiger partial charge in [-0.25, -0.2) is 0 Å². The summed E-state index contributed by atoms with van der Waals surface area (Å²) < 4.78 is 0. The Morgan fingerprint density at radius 3 is 2.20 bits per heavy atom. The van der Waals surface area contributed by atoms with Gasteiger partial charge in [0.25, 0.3) is 0 Å². The van der Waals surface area contributed by atoms with Crippen LogP contribution in [0.2, 0.25) is 0 Å². The predicted molar refractivity (Wildman–Crippen MR) is 35.5 cm³/mol. The van der Waals surface area contributed by atoms with Crippen LogP contribution < -0.4 is 5.73 Å². The van der Waals surface area contributed by atoms with Crippen molar-refractivity contribution in [2.45, 2.75) is 13.3 Å². The van der Waals surface area contributed by atoms with E-state index in [0.717, 1.165) is 0 Å². The molecule has 0 aliphatic heterocycles. The molecule has 0 fully saturated rings. The van der Waals surface area contributed by atoms with Crippen LogP contribution in [0.3, 0.4) is 0 Å². The Balaban J connectivity index is 3.98. The van der Waals surface area contributed by atoms with Crippen LogP contribution in [0.15, 0.2) is 0 Å². The van der Waals surface area contributed by atoms with Crippen molar-refractivity contribution in [3.8, 4) is 0 Å². The van der Waals surface area contributed by atoms with Gasteiger partial charge >= 0.3 is 5.97 Å². The summed E-state index contributed by atoms with van der Waals surface area (Å²) in [7, 11) is 0. The molecule has 0 spiro atoms. The molecule has 4 heteroatoms. The molecule has 3 N–H and O–H groups in total. The standard InChI is InChI=1S/C6H11NO3/c1-4(8)5(2-3-7)6(9)10/h5H,2-3,7H2,1H3,(H,9,10). The summed E-state index contributed by atoms with van der Waals surface area (Å²) in [5, 5.41) is 8.40. The van der Waals surface area contributed by atoms with Crippen LogP contribution in [0.1, 0.15) is 13.3 Å². The molecular formula is C6H11NO3. The molecule has 1 atom stereocenters. The van der Waals surface area contributed by atoms with Crippen molar-refractivity contribution in [2.24, 2.45) is 11.7 Å². The minimum Gasteiger partial charge on any atom is -0.481 e. The van der Waals surface area contributed by atoms with Crippen molar-refractivity contribution in [2.75, 3.05) is 6.54 Å². The quantitative estimate of drug-likeness (QED) is 0.528. The third-order valence-corrected chi connectivity index (χ3v) is 1.24. The van der Waals surface area contributed by atoms with Gasteiger partial charge in [-0.3, -0.25) is 9.59 Å². The van der Waals surface area contributed by atoms with E-state index in [0.29, 0.717) is 0 Å². The highest BCUT2D eigenvalue weighted by Crippen LogP contribution is 2.02. The maximum atomic E-state index is 10.5. The first-order valence-electron chi connectivity index (χ1n) is 3.03. The number of hydrogen-bond donors (Lipinski definition) is 2. The molecule has 0 aromatic heterocycles. The number of rotatable bonds is 4. The first-order chi connectivity index (χ1) is 4.59. The SMILES string of the molecule is CC(=O)C(CCN)C(=O)O. The molecule has 0 aliphatic rings. The van der Waals surface area contributed by atoms with E-state index in [4.69, 9.17) is 10.8 Å². The first kappa shape index (κ1) is 9.10. The number of Topliss-reactive ketones (excluding diaryl/α,β-unsaturated/α-hetero) is 1. The second-order valence-corrected chi connectivity index (χ2v) is 2.08. The minimum absolute atomic E-state index is 0.227. The first-order valence-corrected chi connectivity index (χ1v) is 3.03. The van der Waals surface area contributed by atoms with Crippen LogP contribution >= 0.6 is 0 Å². The molecule has 10 heavy (non-hydrogen) atoms. The fourth-order valence-corrected chi connectivity index (χ4v) is 0.667. The van der Waals surface area contributed by atoms with Gasteiger partial charge in [0.05, 0.1) is 0 Å². The summed E-state index contributed by atoms with van der Waals surface area (Å²) in [5.41, 5.74) is 5.09. The number of nitrogens with two attached hydrogens (primary N) is 1. The summed E-state index contributed by atoms with van der Waals surface area (Å²) in [5.74, 6) is -2.33. The van der Waals surface area contributed by atoms with Gasteiger partial charge in [-0.15, -0.1) is 0 Å². The van der Waals surface area contributed by atoms with E-state index >= 15 is 0 Å². The van der Waals surface area contributed by atoms with Crippen molar-refractivity contribution in [3.63, 3.8) is 0 Å². The third-order valence-electron chi connectivity index (χ3n) is 1.24. The number of hydrogen-bond acceptors (Lipinski definition) is 3. The topological polar surface area (TPSA) is 80.4 Å². The number of aliphatic carboxylic acids is 1. The van der Waals surface area contributed by atoms with Crippen LogP contribution in [0.4, 0.5) is 0 Å². The van der Waals surface area contributed by atoms with Crippen molar-refractivity contribution >= 4 is 11.8 Å². The van der Waals surface area contributed by atoms with Crippen molar-refractivity contribution in [1.29, 1.82) is 0 Å². The highest BCUT2D eigenvalue weighted by atomic mass is 16.4. The summed E-state index contributed by atoms with van der Waals surface area (Å²) in [6.45, 7) is 1.49. The van der Waals surface area contributed by atoms with Gasteiger partial charge in [0.2, 0.25) is 0 Å². The Bertz CT molecular complexity index is 130. The highest BCUT2D eigenvalue weighted by Gasteiger charge is 2.20. The Kier molecular flexibility index (Phi) is 3.64. The van der Waals surface area contributed by atoms with E-state index in [1.54, 1.807) is 0 Å². The van der Waals surface area contributed by atoms with Crippen molar-refractivity contribution < 1.29 is 14.7 Å². The lowest BCUT2D eigenvalue weighted by molar-refractivity contribution is -0.145. The number of carbonyl (C=O) groups is 2. The number of ketones is 1. The average molecular weight is 145 g/mol. The summed E-state index contributed by atoms with van der Waals surface area (Å²) in [4.78, 5) is 20.8. The van der Waals surface area contributed by atoms with Crippen LogP contribution in [-0.2, 0) is 9.59 Å². The number of carboxylic acids is 1. The lowest BCUT2D eigenvalue weighted by atomic mass is 10.0. The van der Waals surface area contributed by atoms with Crippen LogP contribution in [-0.4, -0.2) is 23.4 Å². The molecule has 0 aromatic carbocycles. The summed E-state index contributed by atoms with van der Waals surface area (Å²) in [6, 6.07) is 0. The molecule has 0 radical (unpaired) electrons. The third kappa shape index (κ3) is 2.59. The van der Waals surface area contributed by atoms with Crippen molar-refractivity contribution in [1.82, 2.24) is 0 Å². The van der Waals surface area contributed by atoms with E-state index in [1.807, 2.05) is 0 Å². The van der Waals surface area contributed by atoms with E-state index in [1.165, 1.54) is 6.92 Å². The molecule has 4 nitrogen and oxygen atoms in total. The summed E-state index contributed by atoms with van der Waals surface area (Å²) >= 11 is 0. The zero-order valence-corrected chi connectivity index (χ0v) is 5.83. The van der Waals surface area contributed by atoms with E-state index in [2.05, 4.69) is 0 Å². The van der Waals surface area contributed by atoms with Gasteiger partial charge in [-0.05, 0) is 19.9 Å². The monoisotopic (exact) mass is 145 g/mol. The maximum Gasteiger partial charge on any atom is 0.314 e. The van der Waals surface area contributed by atoms with Crippen molar-refractivity contribution in [3.05, 3.63) is 0 Å². The van der Waals surface area contributed by atoms with Crippen LogP contribution in [0.25, 0.3) is 0 Å². The van der Waals surface area contributed by atoms with Gasteiger partial charge in [0.15, 0.2) is 0 Å². The average Bonchev–Trinajstić information content (AvgIpc) is 1.81. The van der Waals surface area contributed by atoms with E-state index in [-0.39, 0.29) is 18.7 Å². The highest BCUT2D eigenvalue weighted by molar-refractivity contribution is 5.96. The fourth-order valence-electron chi connectivity index (χ4n) is 0.667. The minimum atomic E-state index is -1.09.